The molecule has 1 aliphatic heterocycles. The molecule has 27 heavy (non-hydrogen) atoms. The minimum atomic E-state index is 0.00238. The number of carbonyl (C=O) groups is 1. The number of aromatic nitrogens is 4. The average molecular weight is 385 g/mol. The number of nitrogens with zero attached hydrogens (tertiary/aromatic N) is 4. The van der Waals surface area contributed by atoms with Crippen LogP contribution in [-0.4, -0.2) is 43.6 Å². The number of carbonyl (C=O) groups excluding carboxylic acids is 1. The van der Waals surface area contributed by atoms with E-state index < -0.39 is 0 Å². The number of hydrogen-bond acceptors (Lipinski definition) is 5. The van der Waals surface area contributed by atoms with E-state index in [1.54, 1.807) is 23.9 Å². The fourth-order valence-electron chi connectivity index (χ4n) is 3.60. The van der Waals surface area contributed by atoms with E-state index in [2.05, 4.69) is 37.5 Å². The highest BCUT2D eigenvalue weighted by Gasteiger charge is 2.28. The van der Waals surface area contributed by atoms with Gasteiger partial charge in [-0.1, -0.05) is 0 Å². The van der Waals surface area contributed by atoms with Gasteiger partial charge in [0.05, 0.1) is 17.4 Å². The van der Waals surface area contributed by atoms with Crippen molar-refractivity contribution >= 4 is 17.2 Å². The second kappa shape index (κ2) is 8.06. The van der Waals surface area contributed by atoms with Gasteiger partial charge in [-0.15, -0.1) is 11.3 Å². The molecule has 0 unspecified atom stereocenters. The van der Waals surface area contributed by atoms with Crippen LogP contribution >= 0.6 is 11.3 Å². The summed E-state index contributed by atoms with van der Waals surface area (Å²) in [6.07, 6.45) is 10.5. The fourth-order valence-corrected chi connectivity index (χ4v) is 4.69. The van der Waals surface area contributed by atoms with E-state index in [9.17, 15) is 4.79 Å². The summed E-state index contributed by atoms with van der Waals surface area (Å²) in [6.45, 7) is 2.59. The maximum Gasteiger partial charge on any atom is 0.261 e. The van der Waals surface area contributed by atoms with Crippen LogP contribution in [0.2, 0.25) is 0 Å². The molecule has 2 N–H and O–H groups in total. The topological polar surface area (TPSA) is 78.8 Å². The molecule has 7 nitrogen and oxygen atoms in total. The number of imidazole rings is 1. The number of amides is 1. The van der Waals surface area contributed by atoms with Gasteiger partial charge in [-0.05, 0) is 31.5 Å². The standard InChI is InChI=1S/C19H24N6OS/c1-24-11-14(9-23-24)12-25-8-2-3-16(25)17-4-5-18(27-17)19(26)21-7-6-15-10-20-13-22-15/h4-5,9-11,13,16H,2-3,6-8,12H2,1H3,(H,20,22)(H,21,26)/t16-/m0/s1. The van der Waals surface area contributed by atoms with E-state index in [0.29, 0.717) is 12.6 Å². The molecule has 4 heterocycles. The highest BCUT2D eigenvalue weighted by atomic mass is 32.1. The van der Waals surface area contributed by atoms with Gasteiger partial charge in [0, 0.05) is 61.1 Å². The molecule has 0 spiro atoms. The number of rotatable bonds is 7. The third-order valence-corrected chi connectivity index (χ3v) is 6.11. The molecule has 1 amide bonds. The summed E-state index contributed by atoms with van der Waals surface area (Å²) in [5.74, 6) is 0.00238. The maximum absolute atomic E-state index is 12.4. The summed E-state index contributed by atoms with van der Waals surface area (Å²) in [7, 11) is 1.95. The molecule has 8 heteroatoms. The molecule has 0 saturated carbocycles. The van der Waals surface area contributed by atoms with Crippen LogP contribution in [-0.2, 0) is 20.0 Å². The Morgan fingerprint density at radius 3 is 3.11 bits per heavy atom. The number of aromatic amines is 1. The molecule has 3 aromatic rings. The largest absolute Gasteiger partial charge is 0.351 e. The molecular weight excluding hydrogens is 360 g/mol. The lowest BCUT2D eigenvalue weighted by Crippen LogP contribution is -2.25. The van der Waals surface area contributed by atoms with E-state index in [1.165, 1.54) is 16.9 Å². The van der Waals surface area contributed by atoms with Crippen LogP contribution in [0.3, 0.4) is 0 Å². The first-order valence-electron chi connectivity index (χ1n) is 9.26. The average Bonchev–Trinajstić information content (AvgIpc) is 3.43. The van der Waals surface area contributed by atoms with Crippen molar-refractivity contribution in [3.8, 4) is 0 Å². The van der Waals surface area contributed by atoms with Crippen LogP contribution in [0, 0.1) is 0 Å². The number of hydrogen-bond donors (Lipinski definition) is 2. The molecule has 0 bridgehead atoms. The lowest BCUT2D eigenvalue weighted by atomic mass is 10.2. The molecular formula is C19H24N6OS. The van der Waals surface area contributed by atoms with Crippen molar-refractivity contribution < 1.29 is 4.79 Å². The Hall–Kier alpha value is -2.45. The predicted molar refractivity (Wildman–Crippen MR) is 105 cm³/mol. The zero-order chi connectivity index (χ0) is 18.6. The van der Waals surface area contributed by atoms with Crippen molar-refractivity contribution in [2.24, 2.45) is 7.05 Å². The molecule has 1 fully saturated rings. The molecule has 1 atom stereocenters. The summed E-state index contributed by atoms with van der Waals surface area (Å²) in [4.78, 5) is 24.0. The lowest BCUT2D eigenvalue weighted by molar-refractivity contribution is 0.0958. The first kappa shape index (κ1) is 17.9. The lowest BCUT2D eigenvalue weighted by Gasteiger charge is -2.22. The van der Waals surface area contributed by atoms with E-state index in [1.807, 2.05) is 24.0 Å². The molecule has 1 saturated heterocycles. The smallest absolute Gasteiger partial charge is 0.261 e. The Bertz CT molecular complexity index is 884. The highest BCUT2D eigenvalue weighted by molar-refractivity contribution is 7.14. The summed E-state index contributed by atoms with van der Waals surface area (Å²) in [5.41, 5.74) is 2.26. The summed E-state index contributed by atoms with van der Waals surface area (Å²) >= 11 is 1.61. The van der Waals surface area contributed by atoms with Crippen molar-refractivity contribution in [3.05, 3.63) is 58.1 Å². The van der Waals surface area contributed by atoms with Crippen LogP contribution in [0.5, 0.6) is 0 Å². The van der Waals surface area contributed by atoms with Gasteiger partial charge in [0.1, 0.15) is 0 Å². The summed E-state index contributed by atoms with van der Waals surface area (Å²) in [6, 6.07) is 4.45. The first-order valence-corrected chi connectivity index (χ1v) is 10.1. The van der Waals surface area contributed by atoms with Gasteiger partial charge in [0.2, 0.25) is 0 Å². The summed E-state index contributed by atoms with van der Waals surface area (Å²) in [5, 5.41) is 7.26. The van der Waals surface area contributed by atoms with Crippen LogP contribution < -0.4 is 5.32 Å². The van der Waals surface area contributed by atoms with Gasteiger partial charge in [-0.25, -0.2) is 4.98 Å². The Balaban J connectivity index is 1.35. The van der Waals surface area contributed by atoms with Gasteiger partial charge in [-0.2, -0.15) is 5.10 Å². The zero-order valence-corrected chi connectivity index (χ0v) is 16.2. The van der Waals surface area contributed by atoms with E-state index in [0.717, 1.165) is 36.5 Å². The minimum Gasteiger partial charge on any atom is -0.351 e. The summed E-state index contributed by atoms with van der Waals surface area (Å²) < 4.78 is 1.84. The second-order valence-electron chi connectivity index (χ2n) is 6.94. The Kier molecular flexibility index (Phi) is 5.35. The highest BCUT2D eigenvalue weighted by Crippen LogP contribution is 2.36. The third-order valence-electron chi connectivity index (χ3n) is 4.92. The number of aryl methyl sites for hydroxylation is 1. The predicted octanol–water partition coefficient (Wildman–Crippen LogP) is 2.51. The number of nitrogens with one attached hydrogen (secondary N) is 2. The molecule has 1 aliphatic rings. The SMILES string of the molecule is Cn1cc(CN2CCC[C@H]2c2ccc(C(=O)NCCc3cnc[nH]3)s2)cn1. The Morgan fingerprint density at radius 2 is 2.33 bits per heavy atom. The van der Waals surface area contributed by atoms with Gasteiger partial charge in [-0.3, -0.25) is 14.4 Å². The van der Waals surface area contributed by atoms with Crippen LogP contribution in [0.1, 0.15) is 44.7 Å². The van der Waals surface area contributed by atoms with Crippen molar-refractivity contribution in [3.63, 3.8) is 0 Å². The first-order chi connectivity index (χ1) is 13.2. The quantitative estimate of drug-likeness (QED) is 0.656. The maximum atomic E-state index is 12.4. The van der Waals surface area contributed by atoms with Crippen molar-refractivity contribution in [1.82, 2.24) is 30.0 Å². The third kappa shape index (κ3) is 4.28. The second-order valence-corrected chi connectivity index (χ2v) is 8.05. The number of thiophene rings is 1. The normalized spacial score (nSPS) is 17.4. The molecule has 0 aliphatic carbocycles. The molecule has 3 aromatic heterocycles. The molecule has 4 rings (SSSR count). The number of likely N-dealkylation sites (tertiary alicyclic amines) is 1. The molecule has 0 aromatic carbocycles. The Morgan fingerprint density at radius 1 is 1.41 bits per heavy atom. The van der Waals surface area contributed by atoms with E-state index in [4.69, 9.17) is 0 Å². The Labute approximate surface area is 162 Å². The van der Waals surface area contributed by atoms with Gasteiger partial charge < -0.3 is 10.3 Å². The van der Waals surface area contributed by atoms with Crippen LogP contribution in [0.4, 0.5) is 0 Å². The van der Waals surface area contributed by atoms with E-state index >= 15 is 0 Å². The minimum absolute atomic E-state index is 0.00238. The zero-order valence-electron chi connectivity index (χ0n) is 15.4. The van der Waals surface area contributed by atoms with Crippen LogP contribution in [0.25, 0.3) is 0 Å². The van der Waals surface area contributed by atoms with Crippen LogP contribution in [0.15, 0.2) is 37.1 Å². The van der Waals surface area contributed by atoms with Crippen molar-refractivity contribution in [2.45, 2.75) is 31.8 Å². The van der Waals surface area contributed by atoms with Crippen molar-refractivity contribution in [1.29, 1.82) is 0 Å². The number of H-pyrrole nitrogens is 1. The monoisotopic (exact) mass is 384 g/mol. The van der Waals surface area contributed by atoms with Gasteiger partial charge in [0.15, 0.2) is 0 Å². The van der Waals surface area contributed by atoms with Crippen molar-refractivity contribution in [2.75, 3.05) is 13.1 Å². The van der Waals surface area contributed by atoms with E-state index in [-0.39, 0.29) is 5.91 Å². The molecule has 142 valence electrons. The molecule has 0 radical (unpaired) electrons. The van der Waals surface area contributed by atoms with Gasteiger partial charge >= 0.3 is 0 Å². The fraction of sp³-hybridized carbons (Fsp3) is 0.421. The van der Waals surface area contributed by atoms with Gasteiger partial charge in [0.25, 0.3) is 5.91 Å².